The van der Waals surface area contributed by atoms with Crippen LogP contribution in [0.5, 0.6) is 0 Å². The SMILES string of the molecule is CC(C)CC(C)OP(=S)(OC(C)CC(C)C)SCC(C)OP(=S)(OC(C)CSP(=S)(OC(C)CC(C)C)OC(C)CC(C)C)SCC(C)OP(=S)(S)OC(C)CSP(=S)(OC(C)CSP(=S)(OC(C)CC(C)C)OC(C)CC(C)C)OC(C)CSP(=S)(OC(C)CC(C)C)OC(C)CC(C)C. The minimum atomic E-state index is -3.23. The van der Waals surface area contributed by atoms with Gasteiger partial charge in [-0.1, -0.05) is 191 Å². The van der Waals surface area contributed by atoms with Crippen LogP contribution in [0.15, 0.2) is 0 Å². The maximum atomic E-state index is 6.96. The van der Waals surface area contributed by atoms with Gasteiger partial charge in [0.25, 0.3) is 0 Å². The van der Waals surface area contributed by atoms with Gasteiger partial charge in [-0.05, 0) is 278 Å². The van der Waals surface area contributed by atoms with Gasteiger partial charge in [-0.2, -0.15) is 0 Å². The largest absolute Gasteiger partial charge is 0.319 e. The van der Waals surface area contributed by atoms with Crippen molar-refractivity contribution >= 4 is 203 Å². The molecule has 35 heteroatoms. The molecule has 0 bridgehead atoms. The van der Waals surface area contributed by atoms with Crippen molar-refractivity contribution in [1.29, 1.82) is 0 Å². The summed E-state index contributed by atoms with van der Waals surface area (Å²) >= 11 is 58.3. The van der Waals surface area contributed by atoms with E-state index in [1.165, 1.54) is 68.3 Å². The van der Waals surface area contributed by atoms with E-state index in [0.29, 0.717) is 81.9 Å². The molecule has 0 aliphatic heterocycles. The van der Waals surface area contributed by atoms with Crippen LogP contribution in [0.3, 0.4) is 0 Å². The maximum Gasteiger partial charge on any atom is 0.248 e. The second-order valence-electron chi connectivity index (χ2n) is 30.8. The second-order valence-corrected chi connectivity index (χ2v) is 73.5. The fraction of sp³-hybridized carbons (Fsp3) is 1.00. The zero-order chi connectivity index (χ0) is 78.2. The van der Waals surface area contributed by atoms with E-state index >= 15 is 0 Å². The van der Waals surface area contributed by atoms with Gasteiger partial charge in [-0.15, -0.1) is 0 Å². The number of rotatable bonds is 62. The molecule has 0 saturated heterocycles. The molecule has 14 nitrogen and oxygen atoms in total. The standard InChI is InChI=1S/C66H141O14P7S14/c1-45(2)31-53(17)69-82(90,70-54(18)32-46(3)4)98-41-63(27)77-86(94,78-64(28)42-99-83(91,71-55(19)33-47(5)6)72-56(20)34-48(7)8)96-39-61(25)67-81(88,89)68-62(26)40-97-87(95,79-65(29)43-100-84(92,73-57(21)35-49(9)10)74-58(22)36-50(11)12)80-66(30)44-101-85(93,75-59(23)37-51(13)14)76-60(24)38-52(15)16/h45-66H,31-44H2,1-30H3,(H,88,89). The molecular weight excluding hydrogens is 1680 g/mol. The molecule has 0 heterocycles. The second kappa shape index (κ2) is 53.7. The summed E-state index contributed by atoms with van der Waals surface area (Å²) in [7, 11) is 0. The Morgan fingerprint density at radius 1 is 0.188 bits per heavy atom. The van der Waals surface area contributed by atoms with Crippen LogP contribution in [0.1, 0.15) is 259 Å². The molecule has 0 saturated carbocycles. The van der Waals surface area contributed by atoms with Crippen LogP contribution in [-0.4, -0.2) is 120 Å². The summed E-state index contributed by atoms with van der Waals surface area (Å²) in [4.78, 5) is 0. The first-order valence-electron chi connectivity index (χ1n) is 36.5. The predicted octanol–water partition coefficient (Wildman–Crippen LogP) is 27.9. The van der Waals surface area contributed by atoms with Crippen molar-refractivity contribution in [2.45, 2.75) is 345 Å². The smallest absolute Gasteiger partial charge is 0.248 e. The summed E-state index contributed by atoms with van der Waals surface area (Å²) in [5.74, 6) is 6.03. The van der Waals surface area contributed by atoms with Crippen LogP contribution < -0.4 is 0 Å². The lowest BCUT2D eigenvalue weighted by Crippen LogP contribution is -2.19. The molecule has 0 fully saturated rings. The summed E-state index contributed by atoms with van der Waals surface area (Å²) in [5.41, 5.74) is -20.9. The third-order valence-corrected chi connectivity index (χ3v) is 49.2. The molecule has 14 atom stereocenters. The molecule has 0 spiro atoms. The molecule has 608 valence electrons. The minimum Gasteiger partial charge on any atom is -0.319 e. The van der Waals surface area contributed by atoms with Gasteiger partial charge in [-0.3, -0.25) is 0 Å². The number of thiol groups is 1. The van der Waals surface area contributed by atoms with E-state index in [0.717, 1.165) is 51.4 Å². The molecule has 0 amide bonds. The van der Waals surface area contributed by atoms with Gasteiger partial charge in [0.05, 0.1) is 85.5 Å². The van der Waals surface area contributed by atoms with Crippen LogP contribution in [0.2, 0.25) is 0 Å². The summed E-state index contributed by atoms with van der Waals surface area (Å²) < 4.78 is 94.4. The van der Waals surface area contributed by atoms with E-state index in [2.05, 4.69) is 166 Å². The Labute approximate surface area is 685 Å². The summed E-state index contributed by atoms with van der Waals surface area (Å²) in [6.07, 6.45) is 3.62. The Morgan fingerprint density at radius 3 is 0.396 bits per heavy atom. The first-order valence-corrected chi connectivity index (χ1v) is 65.6. The number of hydrogen-bond donors (Lipinski definition) is 1. The monoisotopic (exact) mass is 1820 g/mol. The van der Waals surface area contributed by atoms with Gasteiger partial charge in [0.1, 0.15) is 0 Å². The van der Waals surface area contributed by atoms with Crippen molar-refractivity contribution < 1.29 is 63.3 Å². The normalized spacial score (nSPS) is 21.4. The van der Waals surface area contributed by atoms with E-state index in [4.69, 9.17) is 158 Å². The zero-order valence-electron chi connectivity index (χ0n) is 67.2. The minimum absolute atomic E-state index is 0.0832. The van der Waals surface area contributed by atoms with Crippen molar-refractivity contribution in [3.63, 3.8) is 0 Å². The Bertz CT molecular complexity index is 2210. The molecule has 0 aliphatic rings. The first-order chi connectivity index (χ1) is 46.1. The molecule has 101 heavy (non-hydrogen) atoms. The van der Waals surface area contributed by atoms with Crippen LogP contribution in [0.25, 0.3) is 0 Å². The Hall–Kier alpha value is 6.44. The average Bonchev–Trinajstić information content (AvgIpc) is 0.857. The summed E-state index contributed by atoms with van der Waals surface area (Å²) in [6.45, 7) is 63.5. The van der Waals surface area contributed by atoms with E-state index < -0.39 is 76.5 Å². The highest BCUT2D eigenvalue weighted by Crippen LogP contribution is 2.71. The van der Waals surface area contributed by atoms with Gasteiger partial charge >= 0.3 is 0 Å². The number of hydrogen-bond acceptors (Lipinski definition) is 27. The van der Waals surface area contributed by atoms with E-state index in [1.807, 2.05) is 41.5 Å². The van der Waals surface area contributed by atoms with Gasteiger partial charge in [0.15, 0.2) is 0 Å². The lowest BCUT2D eigenvalue weighted by atomic mass is 10.1. The zero-order valence-corrected chi connectivity index (χ0v) is 85.0. The topological polar surface area (TPSA) is 129 Å². The third-order valence-electron chi connectivity index (χ3n) is 13.6. The lowest BCUT2D eigenvalue weighted by Gasteiger charge is -2.33. The van der Waals surface area contributed by atoms with Crippen LogP contribution in [0.4, 0.5) is 0 Å². The Balaban J connectivity index is 7.20. The van der Waals surface area contributed by atoms with Crippen molar-refractivity contribution in [3.05, 3.63) is 0 Å². The molecule has 0 aromatic rings. The molecular formula is C66H141O14P7S14. The van der Waals surface area contributed by atoms with Crippen LogP contribution in [-0.2, 0) is 146 Å². The average molecular weight is 1820 g/mol. The maximum absolute atomic E-state index is 6.96. The van der Waals surface area contributed by atoms with Crippen LogP contribution in [0, 0.1) is 47.3 Å². The van der Waals surface area contributed by atoms with E-state index in [-0.39, 0.29) is 48.8 Å². The van der Waals surface area contributed by atoms with Crippen molar-refractivity contribution in [2.75, 3.05) is 34.5 Å². The highest BCUT2D eigenvalue weighted by atomic mass is 32.9. The van der Waals surface area contributed by atoms with E-state index in [9.17, 15) is 0 Å². The molecule has 14 unspecified atom stereocenters. The molecule has 0 radical (unpaired) electrons. The van der Waals surface area contributed by atoms with Gasteiger partial charge in [0.2, 0.25) is 39.9 Å². The summed E-state index contributed by atoms with van der Waals surface area (Å²) in [6, 6.07) is 0. The Morgan fingerprint density at radius 2 is 0.287 bits per heavy atom. The fourth-order valence-corrected chi connectivity index (χ4v) is 47.4. The summed E-state index contributed by atoms with van der Waals surface area (Å²) in [5, 5.41) is 0. The molecule has 0 aromatic heterocycles. The predicted molar refractivity (Wildman–Crippen MR) is 487 cm³/mol. The molecule has 0 aromatic carbocycles. The Kier molecular flexibility index (Phi) is 57.1. The quantitative estimate of drug-likeness (QED) is 0.0457. The van der Waals surface area contributed by atoms with Gasteiger partial charge in [0, 0.05) is 34.5 Å². The highest BCUT2D eigenvalue weighted by Gasteiger charge is 2.37. The van der Waals surface area contributed by atoms with Crippen molar-refractivity contribution in [1.82, 2.24) is 0 Å². The van der Waals surface area contributed by atoms with Crippen molar-refractivity contribution in [3.8, 4) is 0 Å². The molecule has 0 rings (SSSR count). The first kappa shape index (κ1) is 107. The molecule has 0 N–H and O–H groups in total. The fourth-order valence-electron chi connectivity index (χ4n) is 10.7. The van der Waals surface area contributed by atoms with Crippen LogP contribution >= 0.6 is 120 Å². The van der Waals surface area contributed by atoms with Gasteiger partial charge < -0.3 is 63.3 Å². The van der Waals surface area contributed by atoms with Gasteiger partial charge in [-0.25, -0.2) is 0 Å². The third kappa shape index (κ3) is 55.6. The van der Waals surface area contributed by atoms with Crippen molar-refractivity contribution in [2.24, 2.45) is 47.3 Å². The highest BCUT2D eigenvalue weighted by molar-refractivity contribution is 8.70. The molecule has 0 aliphatic carbocycles. The lowest BCUT2D eigenvalue weighted by molar-refractivity contribution is 0.142. The van der Waals surface area contributed by atoms with E-state index in [1.54, 1.807) is 0 Å².